The van der Waals surface area contributed by atoms with Crippen LogP contribution < -0.4 is 5.32 Å². The van der Waals surface area contributed by atoms with Crippen LogP contribution in [0.1, 0.15) is 30.1 Å². The Kier molecular flexibility index (Phi) is 4.70. The highest BCUT2D eigenvalue weighted by atomic mass is 16.4. The van der Waals surface area contributed by atoms with E-state index in [4.69, 9.17) is 9.52 Å². The van der Waals surface area contributed by atoms with Gasteiger partial charge in [-0.25, -0.2) is 0 Å². The molecular formula is C15H19N3O3. The maximum Gasteiger partial charge on any atom is 0.251 e. The molecule has 2 atom stereocenters. The molecule has 1 aromatic carbocycles. The number of carbonyl (C=O) groups is 1. The number of benzene rings is 1. The summed E-state index contributed by atoms with van der Waals surface area (Å²) in [5.41, 5.74) is 1.32. The zero-order valence-electron chi connectivity index (χ0n) is 12.3. The number of amides is 1. The fourth-order valence-corrected chi connectivity index (χ4v) is 1.77. The lowest BCUT2D eigenvalue weighted by Crippen LogP contribution is -2.38. The van der Waals surface area contributed by atoms with Crippen molar-refractivity contribution in [2.75, 3.05) is 6.61 Å². The molecule has 6 heteroatoms. The molecular weight excluding hydrogens is 270 g/mol. The van der Waals surface area contributed by atoms with Crippen molar-refractivity contribution in [3.05, 3.63) is 35.7 Å². The van der Waals surface area contributed by atoms with Crippen molar-refractivity contribution in [1.29, 1.82) is 0 Å². The Balaban J connectivity index is 2.06. The second-order valence-electron chi connectivity index (χ2n) is 5.13. The molecule has 0 aliphatic rings. The first-order valence-electron chi connectivity index (χ1n) is 6.83. The number of hydrogen-bond donors (Lipinski definition) is 2. The number of rotatable bonds is 5. The third kappa shape index (κ3) is 3.66. The van der Waals surface area contributed by atoms with Gasteiger partial charge in [0.05, 0.1) is 0 Å². The highest BCUT2D eigenvalue weighted by Crippen LogP contribution is 2.18. The van der Waals surface area contributed by atoms with Crippen LogP contribution in [-0.2, 0) is 0 Å². The molecule has 0 saturated carbocycles. The van der Waals surface area contributed by atoms with E-state index in [0.29, 0.717) is 17.3 Å². The minimum Gasteiger partial charge on any atom is -0.421 e. The number of aliphatic hydroxyl groups excluding tert-OH is 1. The van der Waals surface area contributed by atoms with Gasteiger partial charge in [-0.3, -0.25) is 4.79 Å². The van der Waals surface area contributed by atoms with Gasteiger partial charge in [0.1, 0.15) is 0 Å². The summed E-state index contributed by atoms with van der Waals surface area (Å²) in [4.78, 5) is 12.1. The quantitative estimate of drug-likeness (QED) is 0.876. The second kappa shape index (κ2) is 6.49. The van der Waals surface area contributed by atoms with E-state index >= 15 is 0 Å². The van der Waals surface area contributed by atoms with Gasteiger partial charge < -0.3 is 14.8 Å². The molecule has 0 bridgehead atoms. The van der Waals surface area contributed by atoms with Crippen LogP contribution in [0.2, 0.25) is 0 Å². The number of nitrogens with one attached hydrogen (secondary N) is 1. The van der Waals surface area contributed by atoms with Gasteiger partial charge >= 0.3 is 0 Å². The molecule has 1 aromatic heterocycles. The van der Waals surface area contributed by atoms with Crippen LogP contribution in [0.5, 0.6) is 0 Å². The Hall–Kier alpha value is -2.21. The summed E-state index contributed by atoms with van der Waals surface area (Å²) < 4.78 is 5.33. The minimum atomic E-state index is -0.170. The maximum atomic E-state index is 12.1. The summed E-state index contributed by atoms with van der Waals surface area (Å²) in [5, 5.41) is 19.6. The van der Waals surface area contributed by atoms with Crippen molar-refractivity contribution in [3.8, 4) is 11.5 Å². The Morgan fingerprint density at radius 3 is 2.48 bits per heavy atom. The number of aliphatic hydroxyl groups is 1. The fourth-order valence-electron chi connectivity index (χ4n) is 1.77. The van der Waals surface area contributed by atoms with Gasteiger partial charge in [-0.15, -0.1) is 10.2 Å². The van der Waals surface area contributed by atoms with Gasteiger partial charge in [0, 0.05) is 30.7 Å². The first-order valence-corrected chi connectivity index (χ1v) is 6.83. The molecule has 0 saturated heterocycles. The van der Waals surface area contributed by atoms with Gasteiger partial charge in [0.2, 0.25) is 11.8 Å². The monoisotopic (exact) mass is 289 g/mol. The minimum absolute atomic E-state index is 0.00888. The van der Waals surface area contributed by atoms with Crippen LogP contribution in [0.4, 0.5) is 0 Å². The number of aryl methyl sites for hydroxylation is 1. The summed E-state index contributed by atoms with van der Waals surface area (Å²) in [6.07, 6.45) is 0. The normalized spacial score (nSPS) is 13.7. The molecule has 0 radical (unpaired) electrons. The van der Waals surface area contributed by atoms with Gasteiger partial charge in [-0.1, -0.05) is 6.92 Å². The van der Waals surface area contributed by atoms with Crippen molar-refractivity contribution in [1.82, 2.24) is 15.5 Å². The van der Waals surface area contributed by atoms with Crippen LogP contribution in [0.15, 0.2) is 28.7 Å². The van der Waals surface area contributed by atoms with Gasteiger partial charge in [-0.05, 0) is 37.1 Å². The first-order chi connectivity index (χ1) is 10.0. The van der Waals surface area contributed by atoms with E-state index in [1.807, 2.05) is 13.8 Å². The van der Waals surface area contributed by atoms with E-state index < -0.39 is 0 Å². The maximum absolute atomic E-state index is 12.1. The van der Waals surface area contributed by atoms with Crippen LogP contribution in [0.3, 0.4) is 0 Å². The van der Waals surface area contributed by atoms with Crippen molar-refractivity contribution >= 4 is 5.91 Å². The molecule has 1 heterocycles. The predicted molar refractivity (Wildman–Crippen MR) is 77.6 cm³/mol. The fraction of sp³-hybridized carbons (Fsp3) is 0.400. The number of nitrogens with zero attached hydrogens (tertiary/aromatic N) is 2. The Morgan fingerprint density at radius 2 is 1.95 bits per heavy atom. The zero-order chi connectivity index (χ0) is 15.4. The Morgan fingerprint density at radius 1 is 1.29 bits per heavy atom. The van der Waals surface area contributed by atoms with E-state index in [0.717, 1.165) is 5.56 Å². The van der Waals surface area contributed by atoms with Crippen LogP contribution in [0.25, 0.3) is 11.5 Å². The third-order valence-electron chi connectivity index (χ3n) is 3.42. The molecule has 21 heavy (non-hydrogen) atoms. The lowest BCUT2D eigenvalue weighted by Gasteiger charge is -2.19. The van der Waals surface area contributed by atoms with Crippen molar-refractivity contribution in [2.24, 2.45) is 5.92 Å². The number of carbonyl (C=O) groups excluding carboxylic acids is 1. The molecule has 2 N–H and O–H groups in total. The zero-order valence-corrected chi connectivity index (χ0v) is 12.3. The lowest BCUT2D eigenvalue weighted by molar-refractivity contribution is 0.0916. The summed E-state index contributed by atoms with van der Waals surface area (Å²) in [6.45, 7) is 5.51. The number of hydrogen-bond acceptors (Lipinski definition) is 5. The molecule has 0 fully saturated rings. The molecule has 6 nitrogen and oxygen atoms in total. The molecule has 2 unspecified atom stereocenters. The number of aromatic nitrogens is 2. The topological polar surface area (TPSA) is 88.2 Å². The molecule has 0 aliphatic heterocycles. The average Bonchev–Trinajstić information content (AvgIpc) is 2.93. The van der Waals surface area contributed by atoms with E-state index in [2.05, 4.69) is 15.5 Å². The summed E-state index contributed by atoms with van der Waals surface area (Å²) in [5.74, 6) is 0.769. The predicted octanol–water partition coefficient (Wildman–Crippen LogP) is 1.79. The molecule has 1 amide bonds. The molecule has 2 aromatic rings. The van der Waals surface area contributed by atoms with Gasteiger partial charge in [0.15, 0.2) is 0 Å². The van der Waals surface area contributed by atoms with Crippen molar-refractivity contribution in [3.63, 3.8) is 0 Å². The largest absolute Gasteiger partial charge is 0.421 e. The molecule has 0 aliphatic carbocycles. The Bertz CT molecular complexity index is 607. The van der Waals surface area contributed by atoms with Gasteiger partial charge in [0.25, 0.3) is 5.91 Å². The van der Waals surface area contributed by atoms with E-state index in [-0.39, 0.29) is 24.5 Å². The first kappa shape index (κ1) is 15.2. The highest BCUT2D eigenvalue weighted by Gasteiger charge is 2.15. The van der Waals surface area contributed by atoms with Crippen LogP contribution in [-0.4, -0.2) is 33.9 Å². The van der Waals surface area contributed by atoms with E-state index in [1.54, 1.807) is 31.2 Å². The molecule has 112 valence electrons. The lowest BCUT2D eigenvalue weighted by atomic mass is 10.0. The smallest absolute Gasteiger partial charge is 0.251 e. The third-order valence-corrected chi connectivity index (χ3v) is 3.42. The summed E-state index contributed by atoms with van der Waals surface area (Å²) in [7, 11) is 0. The van der Waals surface area contributed by atoms with E-state index in [1.165, 1.54) is 0 Å². The Labute approximate surface area is 123 Å². The van der Waals surface area contributed by atoms with E-state index in [9.17, 15) is 4.79 Å². The summed E-state index contributed by atoms with van der Waals surface area (Å²) in [6, 6.07) is 6.85. The molecule has 0 spiro atoms. The SMILES string of the molecule is Cc1nnc(-c2ccc(C(=O)NC(C)C(C)CO)cc2)o1. The molecule has 2 rings (SSSR count). The highest BCUT2D eigenvalue weighted by molar-refractivity contribution is 5.94. The van der Waals surface area contributed by atoms with Gasteiger partial charge in [-0.2, -0.15) is 0 Å². The van der Waals surface area contributed by atoms with Crippen molar-refractivity contribution in [2.45, 2.75) is 26.8 Å². The van der Waals surface area contributed by atoms with Crippen LogP contribution in [0, 0.1) is 12.8 Å². The average molecular weight is 289 g/mol. The second-order valence-corrected chi connectivity index (χ2v) is 5.13. The summed E-state index contributed by atoms with van der Waals surface area (Å²) >= 11 is 0. The standard InChI is InChI=1S/C15H19N3O3/c1-9(8-19)10(2)16-14(20)12-4-6-13(7-5-12)15-18-17-11(3)21-15/h4-7,9-10,19H,8H2,1-3H3,(H,16,20). The van der Waals surface area contributed by atoms with Crippen LogP contribution >= 0.6 is 0 Å². The van der Waals surface area contributed by atoms with Crippen molar-refractivity contribution < 1.29 is 14.3 Å².